The lowest BCUT2D eigenvalue weighted by Gasteiger charge is -2.20. The van der Waals surface area contributed by atoms with Crippen LogP contribution in [0.4, 0.5) is 5.69 Å². The summed E-state index contributed by atoms with van der Waals surface area (Å²) in [6.07, 6.45) is 5.15. The maximum atomic E-state index is 11.9. The van der Waals surface area contributed by atoms with E-state index in [-0.39, 0.29) is 19.4 Å². The minimum absolute atomic E-state index is 0.170. The Kier molecular flexibility index (Phi) is 8.92. The van der Waals surface area contributed by atoms with E-state index in [0.717, 1.165) is 43.8 Å². The number of aryl methyl sites for hydroxylation is 1. The third-order valence-electron chi connectivity index (χ3n) is 8.92. The molecule has 6 rings (SSSR count). The van der Waals surface area contributed by atoms with Crippen LogP contribution in [0, 0.1) is 0 Å². The average molecular weight is 676 g/mol. The minimum atomic E-state index is -4.21. The zero-order chi connectivity index (χ0) is 33.5. The molecule has 0 spiro atoms. The molecule has 1 aliphatic rings. The fourth-order valence-electron chi connectivity index (χ4n) is 5.97. The van der Waals surface area contributed by atoms with Crippen molar-refractivity contribution in [2.45, 2.75) is 57.0 Å². The summed E-state index contributed by atoms with van der Waals surface area (Å²) in [7, 11) is -8.42. The predicted molar refractivity (Wildman–Crippen MR) is 187 cm³/mol. The van der Waals surface area contributed by atoms with Crippen LogP contribution >= 0.6 is 0 Å². The van der Waals surface area contributed by atoms with Crippen molar-refractivity contribution in [1.82, 2.24) is 0 Å². The summed E-state index contributed by atoms with van der Waals surface area (Å²) < 4.78 is 79.5. The summed E-state index contributed by atoms with van der Waals surface area (Å²) >= 11 is 0. The molecule has 246 valence electrons. The monoisotopic (exact) mass is 675 g/mol. The van der Waals surface area contributed by atoms with E-state index in [4.69, 9.17) is 9.15 Å². The van der Waals surface area contributed by atoms with E-state index < -0.39 is 30.7 Å². The van der Waals surface area contributed by atoms with Crippen molar-refractivity contribution in [3.05, 3.63) is 102 Å². The molecular weight excluding hydrogens is 639 g/mol. The molecule has 2 unspecified atom stereocenters. The van der Waals surface area contributed by atoms with Crippen molar-refractivity contribution < 1.29 is 35.1 Å². The van der Waals surface area contributed by atoms with Crippen LogP contribution in [0.3, 0.4) is 0 Å². The van der Waals surface area contributed by atoms with Crippen LogP contribution in [-0.4, -0.2) is 43.0 Å². The maximum absolute atomic E-state index is 11.9. The van der Waals surface area contributed by atoms with E-state index in [1.807, 2.05) is 96.8 Å². The van der Waals surface area contributed by atoms with Crippen LogP contribution in [0.5, 0.6) is 5.75 Å². The first-order valence-electron chi connectivity index (χ1n) is 15.6. The van der Waals surface area contributed by atoms with E-state index in [2.05, 4.69) is 0 Å². The molecule has 0 bridgehead atoms. The molecule has 47 heavy (non-hydrogen) atoms. The first kappa shape index (κ1) is 32.8. The Balaban J connectivity index is 1.44. The Hall–Kier alpha value is -4.16. The highest BCUT2D eigenvalue weighted by Crippen LogP contribution is 2.43. The van der Waals surface area contributed by atoms with Crippen molar-refractivity contribution in [3.8, 4) is 5.75 Å². The Morgan fingerprint density at radius 2 is 1.49 bits per heavy atom. The summed E-state index contributed by atoms with van der Waals surface area (Å²) in [4.78, 5) is 1.92. The third-order valence-corrected chi connectivity index (χ3v) is 11.4. The highest BCUT2D eigenvalue weighted by Gasteiger charge is 2.29. The number of hydrogen-bond acceptors (Lipinski definition) is 7. The molecule has 5 aromatic rings. The number of nitrogens with zero attached hydrogens (tertiary/aromatic N) is 1. The van der Waals surface area contributed by atoms with Crippen LogP contribution in [-0.2, 0) is 26.7 Å². The van der Waals surface area contributed by atoms with Gasteiger partial charge in [0.15, 0.2) is 5.75 Å². The van der Waals surface area contributed by atoms with Crippen molar-refractivity contribution in [3.63, 3.8) is 0 Å². The Bertz CT molecular complexity index is 2270. The van der Waals surface area contributed by atoms with Crippen LogP contribution in [0.2, 0.25) is 0 Å². The number of hydrogen-bond donors (Lipinski definition) is 2. The number of benzene rings is 4. The Morgan fingerprint density at radius 1 is 0.851 bits per heavy atom. The first-order chi connectivity index (χ1) is 22.3. The van der Waals surface area contributed by atoms with Gasteiger partial charge in [0.25, 0.3) is 20.2 Å². The third kappa shape index (κ3) is 6.80. The lowest BCUT2D eigenvalue weighted by molar-refractivity contribution is 0.434. The molecule has 0 fully saturated rings. The van der Waals surface area contributed by atoms with E-state index in [1.54, 1.807) is 0 Å². The van der Waals surface area contributed by atoms with Gasteiger partial charge < -0.3 is 14.1 Å². The molecule has 2 heterocycles. The molecule has 2 N–H and O–H groups in total. The van der Waals surface area contributed by atoms with Crippen molar-refractivity contribution in [2.24, 2.45) is 0 Å². The summed E-state index contributed by atoms with van der Waals surface area (Å²) in [5.41, 5.74) is 3.17. The molecule has 0 aliphatic carbocycles. The fourth-order valence-corrected chi connectivity index (χ4v) is 6.79. The van der Waals surface area contributed by atoms with Crippen LogP contribution < -0.4 is 9.64 Å². The zero-order valence-corrected chi connectivity index (χ0v) is 28.0. The van der Waals surface area contributed by atoms with Gasteiger partial charge in [-0.25, -0.2) is 0 Å². The first-order valence-corrected chi connectivity index (χ1v) is 18.6. The summed E-state index contributed by atoms with van der Waals surface area (Å²) in [5.74, 6) is 1.73. The van der Waals surface area contributed by atoms with Crippen molar-refractivity contribution in [2.75, 3.05) is 11.4 Å². The molecule has 2 atom stereocenters. The standard InChI is InChI=1S/C36H37NO8S2/c1-4-25(19-33-30(15-13-23(2)46(38,39)40)36-29-12-8-7-9-26(29)14-16-32(36)44-33)20-35-37(18-17-24(3)47(41,42)43)31-21-27-10-5-6-11-28(27)22-34(31)45-35/h5-12,14,16,19-24H,4,13,15,17-18H2,1-3H3,(H,38,39,40)(H,41,42,43)/b25-19-,35-20+. The lowest BCUT2D eigenvalue weighted by atomic mass is 9.98. The number of fused-ring (bicyclic) bond motifs is 5. The Labute approximate surface area is 274 Å². The van der Waals surface area contributed by atoms with Crippen molar-refractivity contribution in [1.29, 1.82) is 0 Å². The van der Waals surface area contributed by atoms with Crippen LogP contribution in [0.15, 0.2) is 94.7 Å². The van der Waals surface area contributed by atoms with Gasteiger partial charge in [-0.1, -0.05) is 61.5 Å². The molecule has 0 amide bonds. The van der Waals surface area contributed by atoms with Gasteiger partial charge in [0.2, 0.25) is 5.88 Å². The molecule has 1 aromatic heterocycles. The second-order valence-corrected chi connectivity index (χ2v) is 15.7. The number of allylic oxidation sites excluding steroid dienone is 2. The molecule has 0 saturated carbocycles. The topological polar surface area (TPSA) is 134 Å². The molecule has 4 aromatic carbocycles. The molecule has 9 nitrogen and oxygen atoms in total. The molecule has 0 radical (unpaired) electrons. The van der Waals surface area contributed by atoms with Gasteiger partial charge in [-0.15, -0.1) is 0 Å². The molecular formula is C36H37NO8S2. The molecule has 1 aliphatic heterocycles. The molecule has 0 saturated heterocycles. The summed E-state index contributed by atoms with van der Waals surface area (Å²) in [6, 6.07) is 23.7. The highest BCUT2D eigenvalue weighted by molar-refractivity contribution is 7.86. The Morgan fingerprint density at radius 3 is 2.17 bits per heavy atom. The van der Waals surface area contributed by atoms with E-state index >= 15 is 0 Å². The fraction of sp³-hybridized carbons (Fsp3) is 0.278. The smallest absolute Gasteiger partial charge is 0.267 e. The molecule has 11 heteroatoms. The second-order valence-electron chi connectivity index (χ2n) is 12.1. The van der Waals surface area contributed by atoms with E-state index in [9.17, 15) is 25.9 Å². The van der Waals surface area contributed by atoms with Crippen LogP contribution in [0.25, 0.3) is 38.6 Å². The largest absolute Gasteiger partial charge is 0.456 e. The van der Waals surface area contributed by atoms with Gasteiger partial charge in [-0.05, 0) is 90.9 Å². The van der Waals surface area contributed by atoms with Gasteiger partial charge >= 0.3 is 0 Å². The zero-order valence-electron chi connectivity index (χ0n) is 26.4. The van der Waals surface area contributed by atoms with Crippen LogP contribution in [0.1, 0.15) is 51.4 Å². The van der Waals surface area contributed by atoms with Gasteiger partial charge in [-0.3, -0.25) is 9.11 Å². The number of furan rings is 1. The van der Waals surface area contributed by atoms with Gasteiger partial charge in [-0.2, -0.15) is 16.8 Å². The minimum Gasteiger partial charge on any atom is -0.456 e. The van der Waals surface area contributed by atoms with E-state index in [0.29, 0.717) is 35.8 Å². The number of ether oxygens (including phenoxy) is 1. The van der Waals surface area contributed by atoms with Crippen molar-refractivity contribution >= 4 is 64.5 Å². The lowest BCUT2D eigenvalue weighted by Crippen LogP contribution is -2.27. The number of anilines is 1. The summed E-state index contributed by atoms with van der Waals surface area (Å²) in [6.45, 7) is 5.25. The van der Waals surface area contributed by atoms with Gasteiger partial charge in [0, 0.05) is 23.6 Å². The summed E-state index contributed by atoms with van der Waals surface area (Å²) in [5, 5.41) is 3.01. The average Bonchev–Trinajstić information content (AvgIpc) is 3.56. The second kappa shape index (κ2) is 12.8. The highest BCUT2D eigenvalue weighted by atomic mass is 32.2. The van der Waals surface area contributed by atoms with E-state index in [1.165, 1.54) is 13.8 Å². The SMILES string of the molecule is CCC(=C/c1oc2ccc3ccccc3c2c1CCC(C)S(=O)(=O)O)/C=C1/Oc2cc3ccccc3cc2N1CCC(C)S(=O)(=O)O. The predicted octanol–water partition coefficient (Wildman–Crippen LogP) is 8.15. The maximum Gasteiger partial charge on any atom is 0.267 e. The number of rotatable bonds is 11. The van der Waals surface area contributed by atoms with Gasteiger partial charge in [0.05, 0.1) is 16.2 Å². The normalized spacial score (nSPS) is 16.2. The quantitative estimate of drug-likeness (QED) is 0.133. The van der Waals surface area contributed by atoms with Gasteiger partial charge in [0.1, 0.15) is 11.3 Å².